The molecule has 0 spiro atoms. The van der Waals surface area contributed by atoms with Gasteiger partial charge in [0.15, 0.2) is 16.7 Å². The van der Waals surface area contributed by atoms with E-state index in [1.54, 1.807) is 49.4 Å². The average molecular weight is 539 g/mol. The zero-order chi connectivity index (χ0) is 27.2. The molecular formula is C25H26N6O6S. The maximum Gasteiger partial charge on any atom is 0.324 e. The highest BCUT2D eigenvalue weighted by atomic mass is 32.2. The lowest BCUT2D eigenvalue weighted by atomic mass is 10.1. The first-order chi connectivity index (χ1) is 18.3. The number of para-hydroxylation sites is 1. The molecule has 0 radical (unpaired) electrons. The van der Waals surface area contributed by atoms with Gasteiger partial charge in [-0.3, -0.25) is 14.2 Å². The first-order valence-corrected chi connectivity index (χ1v) is 12.3. The van der Waals surface area contributed by atoms with Crippen molar-refractivity contribution in [3.63, 3.8) is 0 Å². The molecular weight excluding hydrogens is 512 g/mol. The van der Waals surface area contributed by atoms with Crippen molar-refractivity contribution in [1.82, 2.24) is 5.27 Å². The van der Waals surface area contributed by atoms with E-state index in [-0.39, 0.29) is 23.2 Å². The number of carbonyl (C=O) groups excluding carboxylic acids is 1. The molecule has 1 amide bonds. The molecule has 0 bridgehead atoms. The van der Waals surface area contributed by atoms with Crippen LogP contribution in [0.5, 0.6) is 17.2 Å². The molecule has 13 heteroatoms. The van der Waals surface area contributed by atoms with Gasteiger partial charge in [0.1, 0.15) is 5.70 Å². The Balaban J connectivity index is 1.64. The van der Waals surface area contributed by atoms with Gasteiger partial charge in [-0.15, -0.1) is 0 Å². The Kier molecular flexibility index (Phi) is 8.16. The van der Waals surface area contributed by atoms with Gasteiger partial charge in [0.05, 0.1) is 45.9 Å². The van der Waals surface area contributed by atoms with Crippen molar-refractivity contribution in [2.45, 2.75) is 0 Å². The SMILES string of the molecule is COc1cc(/C=C2/N=C(SC/C([O-])=N\c3c[n+](N(C)C)no3)N(c3ccccc3)C2=O)cc(OC)c1OC. The van der Waals surface area contributed by atoms with Crippen molar-refractivity contribution in [1.29, 1.82) is 0 Å². The number of hydrogen-bond acceptors (Lipinski definition) is 11. The Morgan fingerprint density at radius 3 is 2.42 bits per heavy atom. The van der Waals surface area contributed by atoms with Crippen molar-refractivity contribution in [2.75, 3.05) is 51.1 Å². The number of carbonyl (C=O) groups is 1. The number of aromatic nitrogens is 2. The number of rotatable bonds is 9. The molecule has 0 saturated carbocycles. The highest BCUT2D eigenvalue weighted by Crippen LogP contribution is 2.39. The summed E-state index contributed by atoms with van der Waals surface area (Å²) >= 11 is 1.09. The second-order valence-corrected chi connectivity index (χ2v) is 8.90. The van der Waals surface area contributed by atoms with Gasteiger partial charge in [0.25, 0.3) is 12.1 Å². The maximum atomic E-state index is 13.5. The molecule has 0 saturated heterocycles. The zero-order valence-corrected chi connectivity index (χ0v) is 22.3. The van der Waals surface area contributed by atoms with Gasteiger partial charge >= 0.3 is 5.88 Å². The third-order valence-corrected chi connectivity index (χ3v) is 6.17. The molecule has 1 aliphatic heterocycles. The molecule has 3 aromatic rings. The van der Waals surface area contributed by atoms with E-state index in [4.69, 9.17) is 18.7 Å². The fraction of sp³-hybridized carbons (Fsp3) is 0.240. The first kappa shape index (κ1) is 26.5. The number of ether oxygens (including phenoxy) is 3. The normalized spacial score (nSPS) is 14.6. The van der Waals surface area contributed by atoms with Crippen LogP contribution in [0.2, 0.25) is 0 Å². The Morgan fingerprint density at radius 1 is 1.16 bits per heavy atom. The van der Waals surface area contributed by atoms with E-state index in [1.165, 1.54) is 37.2 Å². The molecule has 1 aromatic heterocycles. The van der Waals surface area contributed by atoms with Crippen LogP contribution >= 0.6 is 11.8 Å². The molecule has 38 heavy (non-hydrogen) atoms. The van der Waals surface area contributed by atoms with E-state index in [9.17, 15) is 9.90 Å². The molecule has 0 N–H and O–H groups in total. The quantitative estimate of drug-likeness (QED) is 0.173. The van der Waals surface area contributed by atoms with Crippen molar-refractivity contribution in [3.05, 3.63) is 59.9 Å². The topological polar surface area (TPSA) is 129 Å². The van der Waals surface area contributed by atoms with Gasteiger partial charge in [0.2, 0.25) is 11.0 Å². The number of hydrogen-bond donors (Lipinski definition) is 0. The predicted molar refractivity (Wildman–Crippen MR) is 142 cm³/mol. The lowest BCUT2D eigenvalue weighted by Crippen LogP contribution is -2.53. The molecule has 2 aromatic carbocycles. The summed E-state index contributed by atoms with van der Waals surface area (Å²) in [6.45, 7) is 0. The number of amides is 1. The van der Waals surface area contributed by atoms with Crippen molar-refractivity contribution < 1.29 is 33.4 Å². The smallest absolute Gasteiger partial charge is 0.324 e. The van der Waals surface area contributed by atoms with E-state index in [0.717, 1.165) is 11.8 Å². The summed E-state index contributed by atoms with van der Waals surface area (Å²) in [5.41, 5.74) is 1.41. The summed E-state index contributed by atoms with van der Waals surface area (Å²) in [5, 5.41) is 18.3. The van der Waals surface area contributed by atoms with Crippen molar-refractivity contribution in [2.24, 2.45) is 9.98 Å². The molecule has 12 nitrogen and oxygen atoms in total. The zero-order valence-electron chi connectivity index (χ0n) is 21.4. The second kappa shape index (κ2) is 11.7. The van der Waals surface area contributed by atoms with Crippen LogP contribution in [-0.4, -0.2) is 63.4 Å². The van der Waals surface area contributed by atoms with Crippen molar-refractivity contribution >= 4 is 46.4 Å². The van der Waals surface area contributed by atoms with E-state index in [1.807, 2.05) is 18.2 Å². The molecule has 1 aliphatic rings. The molecule has 0 fully saturated rings. The third-order valence-electron chi connectivity index (χ3n) is 5.25. The molecule has 4 rings (SSSR count). The third kappa shape index (κ3) is 5.72. The van der Waals surface area contributed by atoms with Crippen LogP contribution in [0.3, 0.4) is 0 Å². The molecule has 0 aliphatic carbocycles. The predicted octanol–water partition coefficient (Wildman–Crippen LogP) is 1.75. The second-order valence-electron chi connectivity index (χ2n) is 7.96. The minimum atomic E-state index is -0.470. The highest BCUT2D eigenvalue weighted by molar-refractivity contribution is 8.14. The molecule has 0 unspecified atom stereocenters. The van der Waals surface area contributed by atoms with Crippen LogP contribution in [0.4, 0.5) is 11.6 Å². The minimum absolute atomic E-state index is 0.0663. The number of thioether (sulfide) groups is 1. The summed E-state index contributed by atoms with van der Waals surface area (Å²) in [6.07, 6.45) is 3.10. The van der Waals surface area contributed by atoms with Gasteiger partial charge < -0.3 is 19.3 Å². The summed E-state index contributed by atoms with van der Waals surface area (Å²) in [6, 6.07) is 12.5. The largest absolute Gasteiger partial charge is 0.861 e. The van der Waals surface area contributed by atoms with Crippen LogP contribution in [-0.2, 0) is 4.79 Å². The molecule has 198 valence electrons. The summed E-state index contributed by atoms with van der Waals surface area (Å²) in [4.78, 5) is 24.8. The van der Waals surface area contributed by atoms with E-state index in [0.29, 0.717) is 33.7 Å². The monoisotopic (exact) mass is 538 g/mol. The van der Waals surface area contributed by atoms with E-state index >= 15 is 0 Å². The Bertz CT molecular complexity index is 1380. The van der Waals surface area contributed by atoms with E-state index in [2.05, 4.69) is 15.3 Å². The highest BCUT2D eigenvalue weighted by Gasteiger charge is 2.32. The molecule has 0 atom stereocenters. The van der Waals surface area contributed by atoms with Gasteiger partial charge in [-0.1, -0.05) is 30.0 Å². The van der Waals surface area contributed by atoms with E-state index < -0.39 is 5.90 Å². The maximum absolute atomic E-state index is 13.5. The Labute approximate surface area is 223 Å². The van der Waals surface area contributed by atoms with Crippen LogP contribution in [0, 0.1) is 0 Å². The van der Waals surface area contributed by atoms with Gasteiger partial charge in [-0.2, -0.15) is 5.01 Å². The summed E-state index contributed by atoms with van der Waals surface area (Å²) < 4.78 is 21.3. The van der Waals surface area contributed by atoms with Crippen LogP contribution in [0.25, 0.3) is 6.08 Å². The standard InChI is InChI=1S/C25H26N6O6S/c1-29(2)30-14-22(37-28-30)27-21(32)15-38-25-26-18(24(33)31(25)17-9-7-6-8-10-17)11-16-12-19(34-3)23(36-5)20(13-16)35-4/h6-14H,15H2,1-5H3/b18-11+. The minimum Gasteiger partial charge on any atom is -0.861 e. The number of methoxy groups -OCH3 is 3. The van der Waals surface area contributed by atoms with Gasteiger partial charge in [-0.05, 0) is 41.8 Å². The summed E-state index contributed by atoms with van der Waals surface area (Å²) in [7, 11) is 8.07. The fourth-order valence-electron chi connectivity index (χ4n) is 3.49. The van der Waals surface area contributed by atoms with Gasteiger partial charge in [0, 0.05) is 5.75 Å². The Morgan fingerprint density at radius 2 is 1.84 bits per heavy atom. The Hall–Kier alpha value is -4.52. The molecule has 2 heterocycles. The fourth-order valence-corrected chi connectivity index (χ4v) is 4.29. The number of aliphatic imine (C=N–C) groups is 2. The van der Waals surface area contributed by atoms with Gasteiger partial charge in [-0.25, -0.2) is 9.98 Å². The van der Waals surface area contributed by atoms with Crippen LogP contribution < -0.4 is 34.0 Å². The lowest BCUT2D eigenvalue weighted by molar-refractivity contribution is -0.753. The van der Waals surface area contributed by atoms with Crippen molar-refractivity contribution in [3.8, 4) is 17.2 Å². The number of nitrogens with zero attached hydrogens (tertiary/aromatic N) is 6. The van der Waals surface area contributed by atoms with Crippen LogP contribution in [0.1, 0.15) is 5.56 Å². The van der Waals surface area contributed by atoms with Crippen LogP contribution in [0.15, 0.2) is 68.9 Å². The number of amidine groups is 1. The number of anilines is 1. The average Bonchev–Trinajstić information content (AvgIpc) is 3.51. The summed E-state index contributed by atoms with van der Waals surface area (Å²) in [5.74, 6) is 0.495. The number of benzene rings is 2. The first-order valence-electron chi connectivity index (χ1n) is 11.3. The lowest BCUT2D eigenvalue weighted by Gasteiger charge is -2.18.